The first-order valence-electron chi connectivity index (χ1n) is 9.02. The van der Waals surface area contributed by atoms with E-state index in [1.54, 1.807) is 4.90 Å². The van der Waals surface area contributed by atoms with Crippen LogP contribution in [-0.2, 0) is 9.59 Å². The van der Waals surface area contributed by atoms with Crippen LogP contribution in [0.5, 0.6) is 5.75 Å². The van der Waals surface area contributed by atoms with Gasteiger partial charge in [-0.3, -0.25) is 9.59 Å². The normalized spacial score (nSPS) is 15.2. The zero-order valence-electron chi connectivity index (χ0n) is 16.4. The Hall–Kier alpha value is -1.75. The predicted octanol–water partition coefficient (Wildman–Crippen LogP) is 3.44. The summed E-state index contributed by atoms with van der Waals surface area (Å²) in [5, 5.41) is 0.722. The fourth-order valence-electron chi connectivity index (χ4n) is 3.00. The Bertz CT molecular complexity index is 651. The maximum absolute atomic E-state index is 12.4. The molecule has 1 aliphatic rings. The highest BCUT2D eigenvalue weighted by atomic mass is 35.5. The van der Waals surface area contributed by atoms with Crippen molar-refractivity contribution >= 4 is 23.4 Å². The van der Waals surface area contributed by atoms with Gasteiger partial charge in [0.05, 0.1) is 0 Å². The van der Waals surface area contributed by atoms with Crippen molar-refractivity contribution in [3.8, 4) is 5.75 Å². The van der Waals surface area contributed by atoms with E-state index >= 15 is 0 Å². The number of nitrogens with zero attached hydrogens (tertiary/aromatic N) is 2. The zero-order chi connectivity index (χ0) is 19.5. The summed E-state index contributed by atoms with van der Waals surface area (Å²) in [5.41, 5.74) is 1.84. The molecule has 0 aliphatic carbocycles. The van der Waals surface area contributed by atoms with Crippen molar-refractivity contribution in [2.24, 2.45) is 5.41 Å². The smallest absolute Gasteiger partial charge is 0.260 e. The van der Waals surface area contributed by atoms with Crippen LogP contribution in [-0.4, -0.2) is 54.4 Å². The van der Waals surface area contributed by atoms with E-state index in [2.05, 4.69) is 20.8 Å². The van der Waals surface area contributed by atoms with Crippen LogP contribution in [0.15, 0.2) is 12.1 Å². The zero-order valence-corrected chi connectivity index (χ0v) is 17.2. The van der Waals surface area contributed by atoms with Gasteiger partial charge in [0.25, 0.3) is 5.91 Å². The van der Waals surface area contributed by atoms with Crippen LogP contribution in [0.25, 0.3) is 0 Å². The van der Waals surface area contributed by atoms with Crippen LogP contribution in [0.4, 0.5) is 0 Å². The first-order valence-corrected chi connectivity index (χ1v) is 9.40. The summed E-state index contributed by atoms with van der Waals surface area (Å²) in [6.45, 7) is 12.3. The van der Waals surface area contributed by atoms with Gasteiger partial charge in [-0.1, -0.05) is 32.4 Å². The molecule has 1 aromatic carbocycles. The molecule has 1 aliphatic heterocycles. The van der Waals surface area contributed by atoms with E-state index in [9.17, 15) is 9.59 Å². The summed E-state index contributed by atoms with van der Waals surface area (Å²) in [7, 11) is 0. The second kappa shape index (κ2) is 8.30. The van der Waals surface area contributed by atoms with Crippen LogP contribution in [0, 0.1) is 19.3 Å². The Morgan fingerprint density at radius 1 is 1.00 bits per heavy atom. The Balaban J connectivity index is 1.82. The predicted molar refractivity (Wildman–Crippen MR) is 104 cm³/mol. The summed E-state index contributed by atoms with van der Waals surface area (Å²) in [4.78, 5) is 28.3. The molecular weight excluding hydrogens is 352 g/mol. The van der Waals surface area contributed by atoms with Gasteiger partial charge >= 0.3 is 0 Å². The molecule has 0 saturated carbocycles. The molecule has 0 unspecified atom stereocenters. The summed E-state index contributed by atoms with van der Waals surface area (Å²) in [6.07, 6.45) is 0.527. The summed E-state index contributed by atoms with van der Waals surface area (Å²) in [5.74, 6) is 0.753. The van der Waals surface area contributed by atoms with Gasteiger partial charge in [-0.05, 0) is 42.5 Å². The monoisotopic (exact) mass is 380 g/mol. The number of halogens is 1. The topological polar surface area (TPSA) is 49.9 Å². The molecule has 5 nitrogen and oxygen atoms in total. The fraction of sp³-hybridized carbons (Fsp3) is 0.600. The summed E-state index contributed by atoms with van der Waals surface area (Å²) >= 11 is 6.15. The van der Waals surface area contributed by atoms with Crippen molar-refractivity contribution < 1.29 is 14.3 Å². The first-order chi connectivity index (χ1) is 12.1. The molecule has 0 bridgehead atoms. The minimum atomic E-state index is -0.0572. The van der Waals surface area contributed by atoms with Gasteiger partial charge in [-0.25, -0.2) is 0 Å². The van der Waals surface area contributed by atoms with Crippen molar-refractivity contribution in [1.29, 1.82) is 0 Å². The molecule has 1 heterocycles. The van der Waals surface area contributed by atoms with E-state index in [1.807, 2.05) is 30.9 Å². The number of rotatable bonds is 4. The Kier molecular flexibility index (Phi) is 6.56. The molecule has 2 rings (SSSR count). The molecule has 6 heteroatoms. The minimum Gasteiger partial charge on any atom is -0.484 e. The third kappa shape index (κ3) is 5.63. The second-order valence-electron chi connectivity index (χ2n) is 8.16. The van der Waals surface area contributed by atoms with Crippen LogP contribution in [0.1, 0.15) is 38.3 Å². The van der Waals surface area contributed by atoms with Gasteiger partial charge in [0, 0.05) is 37.6 Å². The van der Waals surface area contributed by atoms with Crippen molar-refractivity contribution in [2.75, 3.05) is 32.8 Å². The quantitative estimate of drug-likeness (QED) is 0.803. The Morgan fingerprint density at radius 3 is 1.92 bits per heavy atom. The number of hydrogen-bond donors (Lipinski definition) is 0. The van der Waals surface area contributed by atoms with Gasteiger partial charge in [-0.15, -0.1) is 0 Å². The lowest BCUT2D eigenvalue weighted by Crippen LogP contribution is -2.52. The minimum absolute atomic E-state index is 0.00352. The molecule has 1 fully saturated rings. The van der Waals surface area contributed by atoms with Gasteiger partial charge < -0.3 is 14.5 Å². The summed E-state index contributed by atoms with van der Waals surface area (Å²) < 4.78 is 5.65. The van der Waals surface area contributed by atoms with Crippen molar-refractivity contribution in [3.05, 3.63) is 28.3 Å². The van der Waals surface area contributed by atoms with E-state index in [0.717, 1.165) is 16.1 Å². The molecular formula is C20H29ClN2O3. The van der Waals surface area contributed by atoms with Crippen LogP contribution < -0.4 is 4.74 Å². The number of benzene rings is 1. The van der Waals surface area contributed by atoms with Gasteiger partial charge in [-0.2, -0.15) is 0 Å². The van der Waals surface area contributed by atoms with Crippen molar-refractivity contribution in [3.63, 3.8) is 0 Å². The van der Waals surface area contributed by atoms with E-state index in [0.29, 0.717) is 38.3 Å². The maximum atomic E-state index is 12.4. The molecule has 1 aromatic rings. The number of piperazine rings is 1. The second-order valence-corrected chi connectivity index (χ2v) is 8.54. The van der Waals surface area contributed by atoms with E-state index < -0.39 is 0 Å². The van der Waals surface area contributed by atoms with Gasteiger partial charge in [0.15, 0.2) is 6.61 Å². The van der Waals surface area contributed by atoms with E-state index in [4.69, 9.17) is 16.3 Å². The third-order valence-corrected chi connectivity index (χ3v) is 5.04. The lowest BCUT2D eigenvalue weighted by molar-refractivity contribution is -0.141. The highest BCUT2D eigenvalue weighted by Crippen LogP contribution is 2.26. The maximum Gasteiger partial charge on any atom is 0.260 e. The molecule has 0 aromatic heterocycles. The molecule has 2 amide bonds. The standard InChI is InChI=1S/C20H29ClN2O3/c1-14-10-16(11-15(2)19(14)21)26-13-18(25)23-8-6-22(7-9-23)17(24)12-20(3,4)5/h10-11H,6-9,12-13H2,1-5H3. The number of amides is 2. The third-order valence-electron chi connectivity index (χ3n) is 4.44. The highest BCUT2D eigenvalue weighted by Gasteiger charge is 2.26. The molecule has 0 N–H and O–H groups in total. The van der Waals surface area contributed by atoms with Crippen molar-refractivity contribution in [1.82, 2.24) is 9.80 Å². The lowest BCUT2D eigenvalue weighted by Gasteiger charge is -2.36. The lowest BCUT2D eigenvalue weighted by atomic mass is 9.91. The fourth-order valence-corrected chi connectivity index (χ4v) is 3.11. The average molecular weight is 381 g/mol. The number of carbonyl (C=O) groups is 2. The van der Waals surface area contributed by atoms with Crippen LogP contribution in [0.3, 0.4) is 0 Å². The van der Waals surface area contributed by atoms with Crippen molar-refractivity contribution in [2.45, 2.75) is 41.0 Å². The van der Waals surface area contributed by atoms with E-state index in [-0.39, 0.29) is 23.8 Å². The largest absolute Gasteiger partial charge is 0.484 e. The number of hydrogen-bond acceptors (Lipinski definition) is 3. The number of aryl methyl sites for hydroxylation is 2. The molecule has 0 spiro atoms. The Morgan fingerprint density at radius 2 is 1.46 bits per heavy atom. The molecule has 144 valence electrons. The van der Waals surface area contributed by atoms with Crippen LogP contribution >= 0.6 is 11.6 Å². The van der Waals surface area contributed by atoms with Gasteiger partial charge in [0.1, 0.15) is 5.75 Å². The highest BCUT2D eigenvalue weighted by molar-refractivity contribution is 6.32. The first kappa shape index (κ1) is 20.6. The Labute approximate surface area is 161 Å². The average Bonchev–Trinajstić information content (AvgIpc) is 2.56. The molecule has 0 atom stereocenters. The number of carbonyl (C=O) groups excluding carboxylic acids is 2. The van der Waals surface area contributed by atoms with Gasteiger partial charge in [0.2, 0.25) is 5.91 Å². The molecule has 1 saturated heterocycles. The van der Waals surface area contributed by atoms with E-state index in [1.165, 1.54) is 0 Å². The van der Waals surface area contributed by atoms with Crippen LogP contribution in [0.2, 0.25) is 5.02 Å². The SMILES string of the molecule is Cc1cc(OCC(=O)N2CCN(C(=O)CC(C)(C)C)CC2)cc(C)c1Cl. The molecule has 0 radical (unpaired) electrons. The summed E-state index contributed by atoms with van der Waals surface area (Å²) in [6, 6.07) is 3.68. The number of ether oxygens (including phenoxy) is 1. The molecule has 26 heavy (non-hydrogen) atoms.